The summed E-state index contributed by atoms with van der Waals surface area (Å²) in [4.78, 5) is 2.42. The zero-order valence-corrected chi connectivity index (χ0v) is 19.3. The van der Waals surface area contributed by atoms with Gasteiger partial charge in [-0.1, -0.05) is 48.0 Å². The number of ether oxygens (including phenoxy) is 4. The summed E-state index contributed by atoms with van der Waals surface area (Å²) in [7, 11) is -3.81. The molecule has 0 aliphatic carbocycles. The molecule has 0 radical (unpaired) electrons. The van der Waals surface area contributed by atoms with Crippen molar-refractivity contribution in [2.75, 3.05) is 0 Å². The van der Waals surface area contributed by atoms with Gasteiger partial charge in [-0.2, -0.15) is 13.5 Å². The maximum Gasteiger partial charge on any atom is 0.276 e. The van der Waals surface area contributed by atoms with Gasteiger partial charge in [-0.15, -0.1) is 0 Å². The van der Waals surface area contributed by atoms with Gasteiger partial charge in [-0.3, -0.25) is 0 Å². The van der Waals surface area contributed by atoms with Gasteiger partial charge in [0.1, 0.15) is 18.3 Å². The molecule has 0 amide bonds. The van der Waals surface area contributed by atoms with Crippen LogP contribution in [-0.4, -0.2) is 44.5 Å². The molecule has 4 rings (SSSR count). The molecular formula is C23H28N2O6S. The Balaban J connectivity index is 1.51. The monoisotopic (exact) mass is 460 g/mol. The van der Waals surface area contributed by atoms with Gasteiger partial charge in [-0.25, -0.2) is 4.83 Å². The van der Waals surface area contributed by atoms with E-state index < -0.39 is 40.4 Å². The first kappa shape index (κ1) is 22.9. The highest BCUT2D eigenvalue weighted by Crippen LogP contribution is 2.39. The molecule has 32 heavy (non-hydrogen) atoms. The molecule has 4 atom stereocenters. The average Bonchev–Trinajstić information content (AvgIpc) is 3.23. The Kier molecular flexibility index (Phi) is 6.37. The first-order valence-corrected chi connectivity index (χ1v) is 11.9. The van der Waals surface area contributed by atoms with E-state index in [9.17, 15) is 8.42 Å². The van der Waals surface area contributed by atoms with Crippen molar-refractivity contribution in [3.05, 3.63) is 65.7 Å². The minimum Gasteiger partial charge on any atom is -0.367 e. The fraction of sp³-hybridized carbons (Fsp3) is 0.435. The van der Waals surface area contributed by atoms with Crippen LogP contribution < -0.4 is 4.83 Å². The van der Waals surface area contributed by atoms with Crippen molar-refractivity contribution in [2.24, 2.45) is 5.10 Å². The van der Waals surface area contributed by atoms with E-state index in [1.165, 1.54) is 12.1 Å². The van der Waals surface area contributed by atoms with Crippen LogP contribution in [0.3, 0.4) is 0 Å². The number of benzene rings is 2. The number of aryl methyl sites for hydroxylation is 1. The fourth-order valence-electron chi connectivity index (χ4n) is 3.73. The first-order chi connectivity index (χ1) is 15.1. The second-order valence-electron chi connectivity index (χ2n) is 8.45. The number of fused-ring (bicyclic) bond motifs is 1. The van der Waals surface area contributed by atoms with Crippen LogP contribution in [0.1, 0.15) is 31.9 Å². The Morgan fingerprint density at radius 3 is 2.47 bits per heavy atom. The number of nitrogens with zero attached hydrogens (tertiary/aromatic N) is 1. The second-order valence-corrected chi connectivity index (χ2v) is 10.1. The number of nitrogens with one attached hydrogen (secondary N) is 1. The Hall–Kier alpha value is -2.30. The van der Waals surface area contributed by atoms with E-state index in [2.05, 4.69) is 9.93 Å². The summed E-state index contributed by atoms with van der Waals surface area (Å²) in [6, 6.07) is 16.3. The smallest absolute Gasteiger partial charge is 0.276 e. The molecule has 8 nitrogen and oxygen atoms in total. The quantitative estimate of drug-likeness (QED) is 0.504. The highest BCUT2D eigenvalue weighted by atomic mass is 32.2. The lowest BCUT2D eigenvalue weighted by molar-refractivity contribution is -0.210. The maximum absolute atomic E-state index is 12.6. The van der Waals surface area contributed by atoms with Crippen molar-refractivity contribution in [1.29, 1.82) is 0 Å². The Bertz CT molecular complexity index is 1070. The summed E-state index contributed by atoms with van der Waals surface area (Å²) >= 11 is 0. The highest BCUT2D eigenvalue weighted by Gasteiger charge is 2.56. The number of hydrogen-bond acceptors (Lipinski definition) is 7. The van der Waals surface area contributed by atoms with Crippen LogP contribution in [-0.2, 0) is 35.6 Å². The molecule has 0 bridgehead atoms. The third kappa shape index (κ3) is 5.02. The third-order valence-corrected chi connectivity index (χ3v) is 6.59. The zero-order valence-electron chi connectivity index (χ0n) is 18.5. The third-order valence-electron chi connectivity index (χ3n) is 5.36. The summed E-state index contributed by atoms with van der Waals surface area (Å²) in [5.74, 6) is -0.799. The maximum atomic E-state index is 12.6. The lowest BCUT2D eigenvalue weighted by atomic mass is 10.1. The molecule has 0 spiro atoms. The average molecular weight is 461 g/mol. The molecule has 9 heteroatoms. The predicted octanol–water partition coefficient (Wildman–Crippen LogP) is 3.11. The Morgan fingerprint density at radius 2 is 1.78 bits per heavy atom. The van der Waals surface area contributed by atoms with Gasteiger partial charge in [0.15, 0.2) is 12.1 Å². The molecule has 0 unspecified atom stereocenters. The minimum atomic E-state index is -3.81. The molecule has 2 saturated heterocycles. The van der Waals surface area contributed by atoms with Crippen molar-refractivity contribution in [2.45, 2.75) is 69.6 Å². The molecule has 2 fully saturated rings. The second kappa shape index (κ2) is 8.92. The summed E-state index contributed by atoms with van der Waals surface area (Å²) in [5, 5.41) is 4.11. The van der Waals surface area contributed by atoms with Gasteiger partial charge >= 0.3 is 0 Å². The summed E-state index contributed by atoms with van der Waals surface area (Å²) < 4.78 is 49.3. The van der Waals surface area contributed by atoms with E-state index in [1.807, 2.05) is 51.1 Å². The van der Waals surface area contributed by atoms with Gasteiger partial charge in [0.2, 0.25) is 0 Å². The molecule has 2 heterocycles. The summed E-state index contributed by atoms with van der Waals surface area (Å²) in [6.45, 7) is 7.55. The normalized spacial score (nSPS) is 27.3. The SMILES string of the molecule is C/C(=N\NS(=O)(=O)c1ccc(C)cc1)[C@H]1O[C@@H]2OC(C)(C)O[C@@H]2[C@H]1OCc1ccccc1. The van der Waals surface area contributed by atoms with Crippen LogP contribution in [0.15, 0.2) is 64.6 Å². The zero-order chi connectivity index (χ0) is 22.9. The largest absolute Gasteiger partial charge is 0.367 e. The lowest BCUT2D eigenvalue weighted by Gasteiger charge is -2.26. The summed E-state index contributed by atoms with van der Waals surface area (Å²) in [6.07, 6.45) is -2.24. The lowest BCUT2D eigenvalue weighted by Crippen LogP contribution is -2.40. The van der Waals surface area contributed by atoms with Crippen molar-refractivity contribution in [3.63, 3.8) is 0 Å². The van der Waals surface area contributed by atoms with E-state index >= 15 is 0 Å². The molecule has 2 aromatic rings. The van der Waals surface area contributed by atoms with E-state index in [1.54, 1.807) is 19.1 Å². The number of sulfonamides is 1. The van der Waals surface area contributed by atoms with Gasteiger partial charge in [0.25, 0.3) is 10.0 Å². The van der Waals surface area contributed by atoms with Gasteiger partial charge in [0.05, 0.1) is 17.2 Å². The van der Waals surface area contributed by atoms with Crippen molar-refractivity contribution in [1.82, 2.24) is 4.83 Å². The molecule has 172 valence electrons. The number of hydrogen-bond donors (Lipinski definition) is 1. The van der Waals surface area contributed by atoms with Crippen LogP contribution in [0.4, 0.5) is 0 Å². The van der Waals surface area contributed by atoms with E-state index in [0.717, 1.165) is 11.1 Å². The first-order valence-electron chi connectivity index (χ1n) is 10.4. The highest BCUT2D eigenvalue weighted by molar-refractivity contribution is 7.89. The predicted molar refractivity (Wildman–Crippen MR) is 118 cm³/mol. The Labute approximate surface area is 188 Å². The van der Waals surface area contributed by atoms with Gasteiger partial charge in [-0.05, 0) is 45.4 Å². The van der Waals surface area contributed by atoms with E-state index in [-0.39, 0.29) is 4.90 Å². The van der Waals surface area contributed by atoms with Crippen LogP contribution in [0.5, 0.6) is 0 Å². The van der Waals surface area contributed by atoms with Crippen LogP contribution >= 0.6 is 0 Å². The van der Waals surface area contributed by atoms with Crippen molar-refractivity contribution >= 4 is 15.7 Å². The molecule has 2 aromatic carbocycles. The topological polar surface area (TPSA) is 95.5 Å². The van der Waals surface area contributed by atoms with Crippen LogP contribution in [0, 0.1) is 6.92 Å². The standard InChI is InChI=1S/C23H28N2O6S/c1-15-10-12-18(13-11-15)32(26,27)25-24-16(2)19-20(28-14-17-8-6-5-7-9-17)21-22(29-19)31-23(3,4)30-21/h5-13,19-22,25H,14H2,1-4H3/b24-16+/t19-,20+,21-,22-/m1/s1. The summed E-state index contributed by atoms with van der Waals surface area (Å²) in [5.41, 5.74) is 2.39. The Morgan fingerprint density at radius 1 is 1.09 bits per heavy atom. The fourth-order valence-corrected chi connectivity index (χ4v) is 4.59. The molecular weight excluding hydrogens is 432 g/mol. The molecule has 0 aromatic heterocycles. The van der Waals surface area contributed by atoms with E-state index in [4.69, 9.17) is 18.9 Å². The number of hydrazone groups is 1. The van der Waals surface area contributed by atoms with Gasteiger partial charge in [0, 0.05) is 0 Å². The molecule has 2 aliphatic heterocycles. The van der Waals surface area contributed by atoms with Crippen molar-refractivity contribution in [3.8, 4) is 0 Å². The van der Waals surface area contributed by atoms with Crippen LogP contribution in [0.25, 0.3) is 0 Å². The number of rotatable bonds is 7. The van der Waals surface area contributed by atoms with Crippen molar-refractivity contribution < 1.29 is 27.4 Å². The molecule has 1 N–H and O–H groups in total. The minimum absolute atomic E-state index is 0.133. The van der Waals surface area contributed by atoms with E-state index in [0.29, 0.717) is 12.3 Å². The van der Waals surface area contributed by atoms with Gasteiger partial charge < -0.3 is 18.9 Å². The molecule has 2 aliphatic rings. The molecule has 0 saturated carbocycles. The van der Waals surface area contributed by atoms with Crippen LogP contribution in [0.2, 0.25) is 0 Å².